The van der Waals surface area contributed by atoms with Crippen molar-refractivity contribution in [1.29, 1.82) is 0 Å². The Hall–Kier alpha value is -3.24. The maximum Gasteiger partial charge on any atom is 0.320 e. The van der Waals surface area contributed by atoms with Crippen LogP contribution >= 0.6 is 11.3 Å². The Balaban J connectivity index is 1.36. The first-order chi connectivity index (χ1) is 17.1. The molecule has 5 rings (SSSR count). The molecule has 1 aliphatic rings. The summed E-state index contributed by atoms with van der Waals surface area (Å²) in [6.07, 6.45) is 6.46. The molecule has 0 amide bonds. The van der Waals surface area contributed by atoms with E-state index in [0.29, 0.717) is 30.3 Å². The summed E-state index contributed by atoms with van der Waals surface area (Å²) in [6.45, 7) is 6.58. The lowest BCUT2D eigenvalue weighted by Crippen LogP contribution is -2.18. The van der Waals surface area contributed by atoms with E-state index in [1.807, 2.05) is 10.8 Å². The number of nitrogen functional groups attached to an aromatic ring is 1. The average molecular weight is 494 g/mol. The predicted octanol–water partition coefficient (Wildman–Crippen LogP) is 4.36. The van der Waals surface area contributed by atoms with Crippen LogP contribution in [-0.2, 0) is 13.1 Å². The molecule has 10 heteroatoms. The quantitative estimate of drug-likeness (QED) is 0.325. The summed E-state index contributed by atoms with van der Waals surface area (Å²) in [5.41, 5.74) is 9.71. The van der Waals surface area contributed by atoms with Crippen molar-refractivity contribution in [1.82, 2.24) is 29.4 Å². The van der Waals surface area contributed by atoms with Gasteiger partial charge in [-0.3, -0.25) is 9.47 Å². The van der Waals surface area contributed by atoms with Gasteiger partial charge in [0.2, 0.25) is 0 Å². The van der Waals surface area contributed by atoms with Gasteiger partial charge in [-0.2, -0.15) is 15.0 Å². The summed E-state index contributed by atoms with van der Waals surface area (Å²) >= 11 is 1.64. The van der Waals surface area contributed by atoms with E-state index >= 15 is 0 Å². The number of ether oxygens (including phenoxy) is 2. The van der Waals surface area contributed by atoms with Gasteiger partial charge in [-0.1, -0.05) is 37.6 Å². The molecule has 9 nitrogen and oxygen atoms in total. The minimum Gasteiger partial charge on any atom is -0.468 e. The maximum atomic E-state index is 6.16. The third-order valence-electron chi connectivity index (χ3n) is 6.15. The number of anilines is 1. The van der Waals surface area contributed by atoms with Gasteiger partial charge in [0.15, 0.2) is 17.0 Å². The zero-order valence-electron chi connectivity index (χ0n) is 20.2. The molecule has 0 bridgehead atoms. The number of benzene rings is 1. The Labute approximate surface area is 209 Å². The number of nitrogens with zero attached hydrogens (tertiary/aromatic N) is 6. The molecular weight excluding hydrogens is 462 g/mol. The minimum absolute atomic E-state index is 0.256. The van der Waals surface area contributed by atoms with Gasteiger partial charge in [0, 0.05) is 23.2 Å². The number of methoxy groups -OCH3 is 1. The number of hydrogen-bond donors (Lipinski definition) is 1. The van der Waals surface area contributed by atoms with Crippen molar-refractivity contribution in [3.63, 3.8) is 0 Å². The number of imidazole rings is 1. The topological polar surface area (TPSA) is 104 Å². The molecular formula is C25H31N7O2S. The van der Waals surface area contributed by atoms with E-state index in [0.717, 1.165) is 34.8 Å². The summed E-state index contributed by atoms with van der Waals surface area (Å²) in [6, 6.07) is 9.42. The van der Waals surface area contributed by atoms with Crippen LogP contribution in [0.15, 0.2) is 30.5 Å². The minimum atomic E-state index is 0.256. The highest BCUT2D eigenvalue weighted by molar-refractivity contribution is 7.15. The summed E-state index contributed by atoms with van der Waals surface area (Å²) < 4.78 is 13.1. The number of hydrogen-bond acceptors (Lipinski definition) is 9. The molecule has 1 aliphatic heterocycles. The molecule has 184 valence electrons. The van der Waals surface area contributed by atoms with Gasteiger partial charge in [-0.05, 0) is 37.9 Å². The van der Waals surface area contributed by atoms with Crippen molar-refractivity contribution in [3.05, 3.63) is 40.9 Å². The molecule has 0 radical (unpaired) electrons. The number of likely N-dealkylation sites (tertiary alicyclic amines) is 1. The van der Waals surface area contributed by atoms with Crippen molar-refractivity contribution in [2.75, 3.05) is 32.5 Å². The van der Waals surface area contributed by atoms with Gasteiger partial charge in [0.25, 0.3) is 6.01 Å². The van der Waals surface area contributed by atoms with Crippen molar-refractivity contribution >= 4 is 28.3 Å². The second-order valence-corrected chi connectivity index (χ2v) is 9.88. The molecule has 1 fully saturated rings. The summed E-state index contributed by atoms with van der Waals surface area (Å²) in [7, 11) is 1.59. The lowest BCUT2D eigenvalue weighted by Gasteiger charge is -2.14. The molecule has 0 aliphatic carbocycles. The lowest BCUT2D eigenvalue weighted by molar-refractivity contribution is 0.286. The molecule has 1 saturated heterocycles. The van der Waals surface area contributed by atoms with Crippen LogP contribution in [0.25, 0.3) is 21.7 Å². The van der Waals surface area contributed by atoms with E-state index < -0.39 is 0 Å². The number of thiazole rings is 1. The second-order valence-electron chi connectivity index (χ2n) is 8.76. The monoisotopic (exact) mass is 493 g/mol. The first kappa shape index (κ1) is 23.5. The summed E-state index contributed by atoms with van der Waals surface area (Å²) in [5, 5.41) is 0.980. The van der Waals surface area contributed by atoms with Crippen LogP contribution in [0, 0.1) is 0 Å². The van der Waals surface area contributed by atoms with E-state index in [-0.39, 0.29) is 11.8 Å². The van der Waals surface area contributed by atoms with Crippen LogP contribution in [0.5, 0.6) is 12.0 Å². The van der Waals surface area contributed by atoms with E-state index in [4.69, 9.17) is 15.2 Å². The normalized spacial score (nSPS) is 14.1. The number of fused-ring (bicyclic) bond motifs is 1. The number of unbranched alkanes of at least 4 members (excludes halogenated alkanes) is 1. The van der Waals surface area contributed by atoms with E-state index in [2.05, 4.69) is 56.0 Å². The van der Waals surface area contributed by atoms with Gasteiger partial charge in [-0.25, -0.2) is 4.98 Å². The molecule has 4 heterocycles. The molecule has 3 aromatic heterocycles. The van der Waals surface area contributed by atoms with Crippen molar-refractivity contribution in [3.8, 4) is 22.6 Å². The van der Waals surface area contributed by atoms with E-state index in [1.54, 1.807) is 18.4 Å². The Kier molecular flexibility index (Phi) is 7.10. The molecule has 0 atom stereocenters. The molecule has 35 heavy (non-hydrogen) atoms. The Morgan fingerprint density at radius 2 is 1.86 bits per heavy atom. The fourth-order valence-electron chi connectivity index (χ4n) is 4.27. The van der Waals surface area contributed by atoms with Crippen molar-refractivity contribution < 1.29 is 9.47 Å². The van der Waals surface area contributed by atoms with Gasteiger partial charge in [-0.15, -0.1) is 11.3 Å². The Bertz CT molecular complexity index is 1280. The molecule has 4 aromatic rings. The van der Waals surface area contributed by atoms with E-state index in [1.165, 1.54) is 31.5 Å². The highest BCUT2D eigenvalue weighted by Crippen LogP contribution is 2.30. The predicted molar refractivity (Wildman–Crippen MR) is 138 cm³/mol. The van der Waals surface area contributed by atoms with Crippen LogP contribution in [0.4, 0.5) is 5.82 Å². The average Bonchev–Trinajstić information content (AvgIpc) is 3.62. The third-order valence-corrected chi connectivity index (χ3v) is 7.18. The standard InChI is InChI=1S/C25H31N7O2S/c1-3-4-13-34-24-29-21(26)20-22(30-24)32(25(28-20)33-2)16-19-14-27-23(35-19)18-9-7-17(8-10-18)15-31-11-5-6-12-31/h7-10,14H,3-6,11-13,15-16H2,1-2H3,(H2,26,29,30). The van der Waals surface area contributed by atoms with Crippen LogP contribution < -0.4 is 15.2 Å². The number of aromatic nitrogens is 5. The highest BCUT2D eigenvalue weighted by Gasteiger charge is 2.19. The summed E-state index contributed by atoms with van der Waals surface area (Å²) in [4.78, 5) is 21.6. The van der Waals surface area contributed by atoms with Gasteiger partial charge in [0.05, 0.1) is 20.3 Å². The van der Waals surface area contributed by atoms with Crippen LogP contribution in [0.1, 0.15) is 43.0 Å². The molecule has 0 spiro atoms. The third kappa shape index (κ3) is 5.23. The maximum absolute atomic E-state index is 6.16. The van der Waals surface area contributed by atoms with Crippen molar-refractivity contribution in [2.45, 2.75) is 45.7 Å². The van der Waals surface area contributed by atoms with Gasteiger partial charge >= 0.3 is 6.01 Å². The first-order valence-corrected chi connectivity index (χ1v) is 12.9. The molecule has 0 unspecified atom stereocenters. The van der Waals surface area contributed by atoms with Gasteiger partial charge < -0.3 is 15.2 Å². The number of rotatable bonds is 10. The lowest BCUT2D eigenvalue weighted by atomic mass is 10.1. The van der Waals surface area contributed by atoms with E-state index in [9.17, 15) is 0 Å². The largest absolute Gasteiger partial charge is 0.468 e. The zero-order chi connectivity index (χ0) is 24.2. The molecule has 1 aromatic carbocycles. The fourth-order valence-corrected chi connectivity index (χ4v) is 5.18. The zero-order valence-corrected chi connectivity index (χ0v) is 21.1. The SMILES string of the molecule is CCCCOc1nc(N)c2nc(OC)n(Cc3cnc(-c4ccc(CN5CCCC5)cc4)s3)c2n1. The van der Waals surface area contributed by atoms with Crippen LogP contribution in [0.2, 0.25) is 0 Å². The molecule has 2 N–H and O–H groups in total. The summed E-state index contributed by atoms with van der Waals surface area (Å²) in [5.74, 6) is 0.276. The van der Waals surface area contributed by atoms with Crippen molar-refractivity contribution in [2.24, 2.45) is 0 Å². The van der Waals surface area contributed by atoms with Gasteiger partial charge in [0.1, 0.15) is 5.01 Å². The highest BCUT2D eigenvalue weighted by atomic mass is 32.1. The Morgan fingerprint density at radius 3 is 2.60 bits per heavy atom. The van der Waals surface area contributed by atoms with Crippen LogP contribution in [0.3, 0.4) is 0 Å². The smallest absolute Gasteiger partial charge is 0.320 e. The first-order valence-electron chi connectivity index (χ1n) is 12.1. The number of nitrogens with two attached hydrogens (primary N) is 1. The van der Waals surface area contributed by atoms with Crippen LogP contribution in [-0.4, -0.2) is 56.2 Å². The Morgan fingerprint density at radius 1 is 1.06 bits per heavy atom. The second kappa shape index (κ2) is 10.6. The fraction of sp³-hybridized carbons (Fsp3) is 0.440. The molecule has 0 saturated carbocycles.